The van der Waals surface area contributed by atoms with Crippen LogP contribution in [0.5, 0.6) is 5.75 Å². The highest BCUT2D eigenvalue weighted by Gasteiger charge is 2.06. The Kier molecular flexibility index (Phi) is 4.88. The molecule has 0 unspecified atom stereocenters. The molecule has 28 heavy (non-hydrogen) atoms. The lowest BCUT2D eigenvalue weighted by Crippen LogP contribution is -2.09. The fourth-order valence-corrected chi connectivity index (χ4v) is 2.96. The molecule has 0 fully saturated rings. The van der Waals surface area contributed by atoms with Crippen molar-refractivity contribution in [1.82, 2.24) is 15.0 Å². The molecule has 0 aliphatic heterocycles. The number of pyridine rings is 1. The predicted molar refractivity (Wildman–Crippen MR) is 112 cm³/mol. The first kappa shape index (κ1) is 17.5. The van der Waals surface area contributed by atoms with E-state index in [0.29, 0.717) is 24.0 Å². The molecule has 2 aromatic carbocycles. The Bertz CT molecular complexity index is 1090. The molecule has 140 valence electrons. The number of benzene rings is 2. The van der Waals surface area contributed by atoms with Crippen LogP contribution in [0.3, 0.4) is 0 Å². The molecule has 0 atom stereocenters. The van der Waals surface area contributed by atoms with E-state index < -0.39 is 0 Å². The Morgan fingerprint density at radius 2 is 1.71 bits per heavy atom. The molecule has 0 bridgehead atoms. The zero-order valence-electron chi connectivity index (χ0n) is 15.1. The van der Waals surface area contributed by atoms with Gasteiger partial charge in [-0.05, 0) is 35.6 Å². The molecule has 2 aromatic heterocycles. The van der Waals surface area contributed by atoms with E-state index in [0.717, 1.165) is 22.8 Å². The molecule has 0 saturated heterocycles. The molecule has 7 heteroatoms. The van der Waals surface area contributed by atoms with E-state index in [1.54, 1.807) is 24.4 Å². The van der Waals surface area contributed by atoms with Gasteiger partial charge in [-0.2, -0.15) is 9.97 Å². The summed E-state index contributed by atoms with van der Waals surface area (Å²) in [6.07, 6.45) is 2.55. The number of phenols is 1. The monoisotopic (exact) mass is 372 g/mol. The van der Waals surface area contributed by atoms with Crippen molar-refractivity contribution < 1.29 is 5.11 Å². The zero-order chi connectivity index (χ0) is 19.3. The fraction of sp³-hybridized carbons (Fsp3) is 0.0952. The van der Waals surface area contributed by atoms with Crippen molar-refractivity contribution in [3.8, 4) is 5.75 Å². The third-order valence-electron chi connectivity index (χ3n) is 4.32. The minimum Gasteiger partial charge on any atom is -0.508 e. The molecule has 2 heterocycles. The molecule has 0 aliphatic rings. The number of aromatic nitrogens is 3. The number of hydrogen-bond donors (Lipinski definition) is 4. The summed E-state index contributed by atoms with van der Waals surface area (Å²) >= 11 is 0. The van der Waals surface area contributed by atoms with E-state index in [-0.39, 0.29) is 11.7 Å². The van der Waals surface area contributed by atoms with Gasteiger partial charge >= 0.3 is 0 Å². The number of aromatic hydroxyl groups is 1. The summed E-state index contributed by atoms with van der Waals surface area (Å²) in [5.41, 5.74) is 6.99. The van der Waals surface area contributed by atoms with Crippen LogP contribution in [-0.4, -0.2) is 26.6 Å². The van der Waals surface area contributed by atoms with E-state index in [4.69, 9.17) is 5.73 Å². The topological polar surface area (TPSA) is 109 Å². The van der Waals surface area contributed by atoms with Gasteiger partial charge in [0.25, 0.3) is 0 Å². The number of hydrogen-bond acceptors (Lipinski definition) is 7. The molecule has 4 aromatic rings. The number of nitrogens with two attached hydrogens (primary N) is 1. The molecule has 0 amide bonds. The van der Waals surface area contributed by atoms with Crippen LogP contribution in [0.2, 0.25) is 0 Å². The standard InChI is InChI=1S/C21H20N6O/c22-21-26-18(23-11-9-14-5-7-16(28)8-6-14)13-19(27-21)25-20-17-4-2-1-3-15(17)10-12-24-20/h1-8,10,12-13,28H,9,11H2,(H4,22,23,24,25,26,27). The number of nitrogens with zero attached hydrogens (tertiary/aromatic N) is 3. The molecule has 4 rings (SSSR count). The first-order valence-electron chi connectivity index (χ1n) is 8.94. The third kappa shape index (κ3) is 4.09. The van der Waals surface area contributed by atoms with Gasteiger partial charge in [0.1, 0.15) is 23.2 Å². The van der Waals surface area contributed by atoms with Crippen LogP contribution in [0.1, 0.15) is 5.56 Å². The van der Waals surface area contributed by atoms with Gasteiger partial charge in [-0.15, -0.1) is 0 Å². The lowest BCUT2D eigenvalue weighted by Gasteiger charge is -2.11. The van der Waals surface area contributed by atoms with Gasteiger partial charge in [-0.1, -0.05) is 36.4 Å². The number of fused-ring (bicyclic) bond motifs is 1. The summed E-state index contributed by atoms with van der Waals surface area (Å²) in [6, 6.07) is 18.9. The number of phenolic OH excluding ortho intramolecular Hbond substituents is 1. The quantitative estimate of drug-likeness (QED) is 0.408. The molecule has 7 nitrogen and oxygen atoms in total. The van der Waals surface area contributed by atoms with Crippen LogP contribution in [0.25, 0.3) is 10.8 Å². The third-order valence-corrected chi connectivity index (χ3v) is 4.32. The van der Waals surface area contributed by atoms with E-state index >= 15 is 0 Å². The van der Waals surface area contributed by atoms with E-state index in [9.17, 15) is 5.11 Å². The van der Waals surface area contributed by atoms with E-state index in [1.807, 2.05) is 42.5 Å². The van der Waals surface area contributed by atoms with Crippen molar-refractivity contribution in [2.24, 2.45) is 0 Å². The van der Waals surface area contributed by atoms with Gasteiger partial charge < -0.3 is 21.5 Å². The summed E-state index contributed by atoms with van der Waals surface area (Å²) in [5, 5.41) is 17.9. The Morgan fingerprint density at radius 1 is 0.929 bits per heavy atom. The number of nitrogens with one attached hydrogen (secondary N) is 2. The van der Waals surface area contributed by atoms with Gasteiger partial charge in [0, 0.05) is 24.2 Å². The molecule has 0 spiro atoms. The highest BCUT2D eigenvalue weighted by molar-refractivity contribution is 5.92. The average Bonchev–Trinajstić information content (AvgIpc) is 2.69. The molecule has 0 aliphatic carbocycles. The number of nitrogen functional groups attached to an aromatic ring is 1. The Labute approximate surface area is 162 Å². The van der Waals surface area contributed by atoms with Gasteiger partial charge in [-0.3, -0.25) is 0 Å². The highest BCUT2D eigenvalue weighted by atomic mass is 16.3. The van der Waals surface area contributed by atoms with E-state index in [2.05, 4.69) is 25.6 Å². The van der Waals surface area contributed by atoms with Crippen LogP contribution in [0.4, 0.5) is 23.4 Å². The number of rotatable bonds is 6. The SMILES string of the molecule is Nc1nc(NCCc2ccc(O)cc2)cc(Nc2nccc3ccccc23)n1. The summed E-state index contributed by atoms with van der Waals surface area (Å²) in [5.74, 6) is 2.36. The second kappa shape index (κ2) is 7.79. The van der Waals surface area contributed by atoms with E-state index in [1.165, 1.54) is 0 Å². The summed E-state index contributed by atoms with van der Waals surface area (Å²) in [7, 11) is 0. The van der Waals surface area contributed by atoms with Gasteiger partial charge in [0.15, 0.2) is 0 Å². The molecule has 0 saturated carbocycles. The largest absolute Gasteiger partial charge is 0.508 e. The van der Waals surface area contributed by atoms with Crippen LogP contribution in [-0.2, 0) is 6.42 Å². The zero-order valence-corrected chi connectivity index (χ0v) is 15.1. The van der Waals surface area contributed by atoms with Crippen molar-refractivity contribution in [3.63, 3.8) is 0 Å². The fourth-order valence-electron chi connectivity index (χ4n) is 2.96. The summed E-state index contributed by atoms with van der Waals surface area (Å²) < 4.78 is 0. The van der Waals surface area contributed by atoms with Crippen LogP contribution >= 0.6 is 0 Å². The van der Waals surface area contributed by atoms with Crippen molar-refractivity contribution in [2.75, 3.05) is 22.9 Å². The average molecular weight is 372 g/mol. The summed E-state index contributed by atoms with van der Waals surface area (Å²) in [4.78, 5) is 12.9. The lowest BCUT2D eigenvalue weighted by atomic mass is 10.1. The van der Waals surface area contributed by atoms with Crippen LogP contribution < -0.4 is 16.4 Å². The molecular weight excluding hydrogens is 352 g/mol. The second-order valence-electron chi connectivity index (χ2n) is 6.35. The Morgan fingerprint density at radius 3 is 2.57 bits per heavy atom. The van der Waals surface area contributed by atoms with Gasteiger partial charge in [0.2, 0.25) is 5.95 Å². The normalized spacial score (nSPS) is 10.7. The smallest absolute Gasteiger partial charge is 0.223 e. The molecular formula is C21H20N6O. The maximum absolute atomic E-state index is 9.35. The first-order chi connectivity index (χ1) is 13.7. The predicted octanol–water partition coefficient (Wildman–Crippen LogP) is 3.71. The minimum absolute atomic E-state index is 0.178. The summed E-state index contributed by atoms with van der Waals surface area (Å²) in [6.45, 7) is 0.674. The Hall–Kier alpha value is -3.87. The van der Waals surface area contributed by atoms with Crippen molar-refractivity contribution >= 4 is 34.2 Å². The maximum atomic E-state index is 9.35. The lowest BCUT2D eigenvalue weighted by molar-refractivity contribution is 0.475. The number of anilines is 4. The van der Waals surface area contributed by atoms with Crippen molar-refractivity contribution in [3.05, 3.63) is 72.4 Å². The van der Waals surface area contributed by atoms with Crippen molar-refractivity contribution in [1.29, 1.82) is 0 Å². The van der Waals surface area contributed by atoms with Crippen molar-refractivity contribution in [2.45, 2.75) is 6.42 Å². The van der Waals surface area contributed by atoms with Gasteiger partial charge in [-0.25, -0.2) is 4.98 Å². The maximum Gasteiger partial charge on any atom is 0.223 e. The second-order valence-corrected chi connectivity index (χ2v) is 6.35. The molecule has 5 N–H and O–H groups in total. The Balaban J connectivity index is 1.48. The minimum atomic E-state index is 0.178. The van der Waals surface area contributed by atoms with Gasteiger partial charge in [0.05, 0.1) is 0 Å². The van der Waals surface area contributed by atoms with Crippen LogP contribution in [0.15, 0.2) is 66.9 Å². The highest BCUT2D eigenvalue weighted by Crippen LogP contribution is 2.24. The van der Waals surface area contributed by atoms with Crippen LogP contribution in [0, 0.1) is 0 Å². The first-order valence-corrected chi connectivity index (χ1v) is 8.94. The molecule has 0 radical (unpaired) electrons.